The minimum Gasteiger partial charge on any atom is -0.504 e. The number of benzene rings is 3. The Balaban J connectivity index is 1.20. The van der Waals surface area contributed by atoms with Crippen LogP contribution >= 0.6 is 0 Å². The molecule has 1 N–H and O–H groups in total. The van der Waals surface area contributed by atoms with E-state index in [9.17, 15) is 9.90 Å². The van der Waals surface area contributed by atoms with Crippen LogP contribution in [0.15, 0.2) is 72.8 Å². The molecule has 7 nitrogen and oxygen atoms in total. The highest BCUT2D eigenvalue weighted by atomic mass is 16.7. The molecule has 7 heteroatoms. The van der Waals surface area contributed by atoms with Gasteiger partial charge in [-0.25, -0.2) is 0 Å². The second-order valence-electron chi connectivity index (χ2n) is 12.7. The van der Waals surface area contributed by atoms with Gasteiger partial charge in [0.2, 0.25) is 0 Å². The maximum absolute atomic E-state index is 14.4. The molecule has 1 amide bonds. The fourth-order valence-corrected chi connectivity index (χ4v) is 9.87. The van der Waals surface area contributed by atoms with E-state index in [0.29, 0.717) is 18.7 Å². The maximum Gasteiger partial charge on any atom is 0.254 e. The molecule has 210 valence electrons. The van der Waals surface area contributed by atoms with Crippen LogP contribution in [0, 0.1) is 5.92 Å². The van der Waals surface area contributed by atoms with Gasteiger partial charge in [0, 0.05) is 30.1 Å². The van der Waals surface area contributed by atoms with E-state index in [0.717, 1.165) is 49.9 Å². The first-order valence-electron chi connectivity index (χ1n) is 15.0. The molecule has 5 unspecified atom stereocenters. The molecule has 6 aliphatic rings. The molecule has 4 heterocycles. The zero-order valence-corrected chi connectivity index (χ0v) is 23.0. The molecule has 5 bridgehead atoms. The van der Waals surface area contributed by atoms with Gasteiger partial charge >= 0.3 is 0 Å². The summed E-state index contributed by atoms with van der Waals surface area (Å²) >= 11 is 0. The smallest absolute Gasteiger partial charge is 0.254 e. The number of rotatable bonds is 5. The summed E-state index contributed by atoms with van der Waals surface area (Å²) in [6.45, 7) is 2.31. The van der Waals surface area contributed by atoms with Crippen LogP contribution in [-0.4, -0.2) is 64.2 Å². The van der Waals surface area contributed by atoms with Crippen molar-refractivity contribution in [2.75, 3.05) is 19.9 Å². The van der Waals surface area contributed by atoms with Crippen molar-refractivity contribution in [3.8, 4) is 11.5 Å². The summed E-state index contributed by atoms with van der Waals surface area (Å²) in [5, 5.41) is 11.1. The van der Waals surface area contributed by atoms with Crippen LogP contribution in [0.4, 0.5) is 0 Å². The van der Waals surface area contributed by atoms with E-state index in [1.165, 1.54) is 11.1 Å². The van der Waals surface area contributed by atoms with Crippen LogP contribution in [-0.2, 0) is 39.1 Å². The van der Waals surface area contributed by atoms with Crippen molar-refractivity contribution >= 4 is 5.91 Å². The number of carbonyl (C=O) groups is 1. The normalized spacial score (nSPS) is 36.0. The first-order valence-corrected chi connectivity index (χ1v) is 15.0. The highest BCUT2D eigenvalue weighted by Crippen LogP contribution is 2.74. The number of amides is 1. The molecule has 1 saturated carbocycles. The number of piperidine rings is 1. The molecule has 4 aliphatic heterocycles. The van der Waals surface area contributed by atoms with E-state index in [2.05, 4.69) is 53.4 Å². The molecule has 3 saturated heterocycles. The van der Waals surface area contributed by atoms with Gasteiger partial charge in [-0.1, -0.05) is 66.7 Å². The Morgan fingerprint density at radius 3 is 2.51 bits per heavy atom. The quantitative estimate of drug-likeness (QED) is 0.515. The third-order valence-electron chi connectivity index (χ3n) is 11.3. The number of aromatic hydroxyl groups is 1. The van der Waals surface area contributed by atoms with E-state index in [-0.39, 0.29) is 30.4 Å². The van der Waals surface area contributed by atoms with Crippen LogP contribution < -0.4 is 4.74 Å². The van der Waals surface area contributed by atoms with Crippen LogP contribution in [0.25, 0.3) is 0 Å². The predicted octanol–water partition coefficient (Wildman–Crippen LogP) is 4.16. The van der Waals surface area contributed by atoms with Crippen LogP contribution in [0.5, 0.6) is 11.5 Å². The first-order chi connectivity index (χ1) is 20.1. The van der Waals surface area contributed by atoms with Crippen molar-refractivity contribution < 1.29 is 24.1 Å². The van der Waals surface area contributed by atoms with Gasteiger partial charge < -0.3 is 24.2 Å². The lowest BCUT2D eigenvalue weighted by Gasteiger charge is -2.67. The van der Waals surface area contributed by atoms with Gasteiger partial charge in [0.15, 0.2) is 24.0 Å². The predicted molar refractivity (Wildman–Crippen MR) is 150 cm³/mol. The summed E-state index contributed by atoms with van der Waals surface area (Å²) in [6.07, 6.45) is 3.57. The maximum atomic E-state index is 14.4. The first kappa shape index (κ1) is 24.2. The molecule has 0 aromatic heterocycles. The van der Waals surface area contributed by atoms with Gasteiger partial charge in [0.25, 0.3) is 5.91 Å². The molecule has 3 aromatic carbocycles. The lowest BCUT2D eigenvalue weighted by molar-refractivity contribution is -0.259. The Bertz CT molecular complexity index is 1550. The number of phenols is 1. The molecule has 3 aromatic rings. The minimum atomic E-state index is -0.813. The lowest BCUT2D eigenvalue weighted by Crippen LogP contribution is -2.77. The van der Waals surface area contributed by atoms with Crippen molar-refractivity contribution in [1.29, 1.82) is 0 Å². The SMILES string of the molecule is O=C1[C@H]2OC34CCC5(OCOc6c(O)ccc7c6C3(CCN(CCc3ccccc3)C4C7)C25)N1Cc1ccccc1. The van der Waals surface area contributed by atoms with Gasteiger partial charge in [-0.2, -0.15) is 0 Å². The molecular weight excluding hydrogens is 516 g/mol. The molecule has 41 heavy (non-hydrogen) atoms. The van der Waals surface area contributed by atoms with Crippen LogP contribution in [0.1, 0.15) is 41.5 Å². The lowest BCUT2D eigenvalue weighted by atomic mass is 9.45. The van der Waals surface area contributed by atoms with Crippen LogP contribution in [0.2, 0.25) is 0 Å². The van der Waals surface area contributed by atoms with Crippen molar-refractivity contribution in [2.24, 2.45) is 5.92 Å². The summed E-state index contributed by atoms with van der Waals surface area (Å²) in [5.74, 6) is 0.523. The Kier molecular flexibility index (Phi) is 4.93. The minimum absolute atomic E-state index is 0.0124. The van der Waals surface area contributed by atoms with E-state index < -0.39 is 22.8 Å². The third kappa shape index (κ3) is 2.92. The van der Waals surface area contributed by atoms with Gasteiger partial charge in [-0.15, -0.1) is 0 Å². The number of phenolic OH excluding ortho intramolecular Hbond substituents is 1. The van der Waals surface area contributed by atoms with Crippen molar-refractivity contribution in [2.45, 2.75) is 67.5 Å². The number of carbonyl (C=O) groups excluding carboxylic acids is 1. The van der Waals surface area contributed by atoms with E-state index in [4.69, 9.17) is 14.2 Å². The Morgan fingerprint density at radius 2 is 1.71 bits per heavy atom. The topological polar surface area (TPSA) is 71.5 Å². The average molecular weight is 551 g/mol. The van der Waals surface area contributed by atoms with Gasteiger partial charge in [-0.3, -0.25) is 9.69 Å². The number of likely N-dealkylation sites (tertiary alicyclic amines) is 2. The second-order valence-corrected chi connectivity index (χ2v) is 12.7. The standard InChI is InChI=1S/C34H34N2O5/c37-25-12-11-24-19-26-33-14-15-34-30(29(41-33)31(38)36(34)20-23-9-5-2-6-10-23)32(33,27(24)28(25)39-21-40-34)16-18-35(26)17-13-22-7-3-1-4-8-22/h1-12,26,29-30,37H,13-21H2/t26?,29-,30?,32?,33?,34?/m0/s1. The molecule has 0 radical (unpaired) electrons. The molecular formula is C34H34N2O5. The highest BCUT2D eigenvalue weighted by molar-refractivity contribution is 5.87. The Morgan fingerprint density at radius 1 is 0.927 bits per heavy atom. The number of ether oxygens (including phenoxy) is 3. The highest BCUT2D eigenvalue weighted by Gasteiger charge is 2.84. The Hall–Kier alpha value is -3.39. The summed E-state index contributed by atoms with van der Waals surface area (Å²) in [4.78, 5) is 19.0. The number of hydrogen-bond acceptors (Lipinski definition) is 6. The molecule has 2 aliphatic carbocycles. The van der Waals surface area contributed by atoms with E-state index >= 15 is 0 Å². The monoisotopic (exact) mass is 550 g/mol. The van der Waals surface area contributed by atoms with Crippen molar-refractivity contribution in [3.05, 3.63) is 95.1 Å². The molecule has 6 atom stereocenters. The zero-order chi connectivity index (χ0) is 27.4. The van der Waals surface area contributed by atoms with Crippen molar-refractivity contribution in [3.63, 3.8) is 0 Å². The average Bonchev–Trinajstić information content (AvgIpc) is 3.36. The summed E-state index contributed by atoms with van der Waals surface area (Å²) < 4.78 is 20.3. The van der Waals surface area contributed by atoms with Gasteiger partial charge in [0.1, 0.15) is 6.10 Å². The van der Waals surface area contributed by atoms with Crippen molar-refractivity contribution in [1.82, 2.24) is 9.80 Å². The van der Waals surface area contributed by atoms with Gasteiger partial charge in [0.05, 0.1) is 11.5 Å². The number of hydrogen-bond donors (Lipinski definition) is 1. The summed E-state index contributed by atoms with van der Waals surface area (Å²) in [7, 11) is 0. The summed E-state index contributed by atoms with van der Waals surface area (Å²) in [6, 6.07) is 24.8. The van der Waals surface area contributed by atoms with E-state index in [1.54, 1.807) is 6.07 Å². The fourth-order valence-electron chi connectivity index (χ4n) is 9.87. The molecule has 9 rings (SSSR count). The second kappa shape index (κ2) is 8.34. The molecule has 1 spiro atoms. The largest absolute Gasteiger partial charge is 0.504 e. The number of nitrogens with zero attached hydrogens (tertiary/aromatic N) is 2. The zero-order valence-electron chi connectivity index (χ0n) is 23.0. The fraction of sp³-hybridized carbons (Fsp3) is 0.441. The summed E-state index contributed by atoms with van der Waals surface area (Å²) in [5.41, 5.74) is 2.87. The van der Waals surface area contributed by atoms with Crippen LogP contribution in [0.3, 0.4) is 0 Å². The Labute approximate surface area is 239 Å². The third-order valence-corrected chi connectivity index (χ3v) is 11.3. The molecule has 4 fully saturated rings. The van der Waals surface area contributed by atoms with E-state index in [1.807, 2.05) is 23.1 Å². The van der Waals surface area contributed by atoms with Gasteiger partial charge in [-0.05, 0) is 61.4 Å².